The van der Waals surface area contributed by atoms with Crippen molar-refractivity contribution in [3.63, 3.8) is 0 Å². The predicted molar refractivity (Wildman–Crippen MR) is 198 cm³/mol. The van der Waals surface area contributed by atoms with Gasteiger partial charge in [0.1, 0.15) is 0 Å². The molecule has 3 nitrogen and oxygen atoms in total. The molecular formula is C43H25N3S. The summed E-state index contributed by atoms with van der Waals surface area (Å²) in [6.07, 6.45) is 0. The van der Waals surface area contributed by atoms with E-state index in [1.807, 2.05) is 23.5 Å². The Morgan fingerprint density at radius 3 is 1.94 bits per heavy atom. The van der Waals surface area contributed by atoms with Crippen LogP contribution in [0.3, 0.4) is 0 Å². The molecule has 10 rings (SSSR count). The molecule has 0 radical (unpaired) electrons. The third-order valence-electron chi connectivity index (χ3n) is 9.54. The number of nitrogens with zero attached hydrogens (tertiary/aromatic N) is 3. The molecule has 0 aliphatic heterocycles. The minimum absolute atomic E-state index is 0.641. The summed E-state index contributed by atoms with van der Waals surface area (Å²) in [7, 11) is 0. The number of rotatable bonds is 3. The van der Waals surface area contributed by atoms with Crippen LogP contribution in [-0.2, 0) is 0 Å². The van der Waals surface area contributed by atoms with E-state index in [4.69, 9.17) is 0 Å². The molecule has 0 spiro atoms. The van der Waals surface area contributed by atoms with Crippen LogP contribution >= 0.6 is 11.3 Å². The normalized spacial score (nSPS) is 11.8. The van der Waals surface area contributed by atoms with Gasteiger partial charge in [-0.3, -0.25) is 0 Å². The zero-order valence-electron chi connectivity index (χ0n) is 25.2. The van der Waals surface area contributed by atoms with Crippen molar-refractivity contribution in [1.82, 2.24) is 9.13 Å². The second-order valence-corrected chi connectivity index (χ2v) is 13.1. The van der Waals surface area contributed by atoms with Gasteiger partial charge >= 0.3 is 0 Å². The van der Waals surface area contributed by atoms with Crippen LogP contribution in [0.1, 0.15) is 5.56 Å². The molecule has 0 fully saturated rings. The predicted octanol–water partition coefficient (Wildman–Crippen LogP) is 11.8. The van der Waals surface area contributed by atoms with E-state index < -0.39 is 0 Å². The molecule has 0 saturated heterocycles. The van der Waals surface area contributed by atoms with Gasteiger partial charge in [0.2, 0.25) is 0 Å². The summed E-state index contributed by atoms with van der Waals surface area (Å²) in [6.45, 7) is 0. The molecule has 0 amide bonds. The molecule has 10 aromatic rings. The molecule has 0 unspecified atom stereocenters. The number of benzene rings is 7. The van der Waals surface area contributed by atoms with Gasteiger partial charge in [0.15, 0.2) is 0 Å². The number of aromatic nitrogens is 2. The molecule has 47 heavy (non-hydrogen) atoms. The van der Waals surface area contributed by atoms with Crippen LogP contribution in [0.2, 0.25) is 0 Å². The SMILES string of the molecule is N#Cc1ccc(-n2c3ccccc3c3ccccc32)c(-c2ccc3c(c2)c2ccc4sc5ccccc5c4c2n3-c2ccccc2)c1. The molecule has 0 aliphatic carbocycles. The lowest BCUT2D eigenvalue weighted by atomic mass is 9.98. The molecular weight excluding hydrogens is 591 g/mol. The Morgan fingerprint density at radius 1 is 0.489 bits per heavy atom. The van der Waals surface area contributed by atoms with Gasteiger partial charge in [-0.25, -0.2) is 0 Å². The highest BCUT2D eigenvalue weighted by Gasteiger charge is 2.20. The van der Waals surface area contributed by atoms with E-state index in [1.54, 1.807) is 0 Å². The summed E-state index contributed by atoms with van der Waals surface area (Å²) in [5.41, 5.74) is 9.62. The number of hydrogen-bond donors (Lipinski definition) is 0. The molecule has 3 aromatic heterocycles. The molecule has 0 saturated carbocycles. The van der Waals surface area contributed by atoms with Crippen LogP contribution in [0.15, 0.2) is 152 Å². The van der Waals surface area contributed by atoms with Gasteiger partial charge < -0.3 is 9.13 Å². The van der Waals surface area contributed by atoms with Crippen molar-refractivity contribution in [3.05, 3.63) is 157 Å². The summed E-state index contributed by atoms with van der Waals surface area (Å²) in [4.78, 5) is 0. The molecule has 218 valence electrons. The Bertz CT molecular complexity index is 2860. The molecule has 0 aliphatic rings. The lowest BCUT2D eigenvalue weighted by Gasteiger charge is -2.15. The number of hydrogen-bond acceptors (Lipinski definition) is 2. The van der Waals surface area contributed by atoms with E-state index in [2.05, 4.69) is 155 Å². The Hall–Kier alpha value is -6.15. The van der Waals surface area contributed by atoms with Crippen molar-refractivity contribution < 1.29 is 0 Å². The van der Waals surface area contributed by atoms with Crippen molar-refractivity contribution >= 4 is 75.1 Å². The molecule has 0 atom stereocenters. The minimum atomic E-state index is 0.641. The lowest BCUT2D eigenvalue weighted by molar-refractivity contribution is 1.18. The number of nitriles is 1. The average Bonchev–Trinajstić information content (AvgIpc) is 3.79. The summed E-state index contributed by atoms with van der Waals surface area (Å²) in [6, 6.07) is 56.4. The zero-order valence-corrected chi connectivity index (χ0v) is 26.0. The Kier molecular flexibility index (Phi) is 5.51. The first-order valence-electron chi connectivity index (χ1n) is 15.8. The summed E-state index contributed by atoms with van der Waals surface area (Å²) >= 11 is 1.85. The maximum Gasteiger partial charge on any atom is 0.0991 e. The van der Waals surface area contributed by atoms with Crippen LogP contribution in [0, 0.1) is 11.3 Å². The first-order chi connectivity index (χ1) is 23.3. The van der Waals surface area contributed by atoms with E-state index in [1.165, 1.54) is 47.2 Å². The minimum Gasteiger partial charge on any atom is -0.309 e. The van der Waals surface area contributed by atoms with Gasteiger partial charge in [-0.2, -0.15) is 5.26 Å². The van der Waals surface area contributed by atoms with Gasteiger partial charge in [0, 0.05) is 53.0 Å². The lowest BCUT2D eigenvalue weighted by Crippen LogP contribution is -1.98. The molecule has 7 aromatic carbocycles. The molecule has 4 heteroatoms. The average molecular weight is 616 g/mol. The molecule has 3 heterocycles. The highest BCUT2D eigenvalue weighted by molar-refractivity contribution is 7.26. The van der Waals surface area contributed by atoms with Crippen molar-refractivity contribution in [2.75, 3.05) is 0 Å². The van der Waals surface area contributed by atoms with E-state index in [0.29, 0.717) is 5.56 Å². The number of para-hydroxylation sites is 3. The number of thiophene rings is 1. The zero-order chi connectivity index (χ0) is 31.1. The van der Waals surface area contributed by atoms with E-state index in [0.717, 1.165) is 39.1 Å². The first kappa shape index (κ1) is 26.1. The third-order valence-corrected chi connectivity index (χ3v) is 10.7. The first-order valence-corrected chi connectivity index (χ1v) is 16.6. The summed E-state index contributed by atoms with van der Waals surface area (Å²) in [5.74, 6) is 0. The molecule has 0 N–H and O–H groups in total. The quantitative estimate of drug-likeness (QED) is 0.195. The van der Waals surface area contributed by atoms with Gasteiger partial charge in [-0.15, -0.1) is 11.3 Å². The number of fused-ring (bicyclic) bond motifs is 10. The smallest absolute Gasteiger partial charge is 0.0991 e. The topological polar surface area (TPSA) is 33.6 Å². The van der Waals surface area contributed by atoms with Crippen LogP contribution in [0.4, 0.5) is 0 Å². The van der Waals surface area contributed by atoms with Gasteiger partial charge in [0.25, 0.3) is 0 Å². The standard InChI is InChI=1S/C43H25N3S/c44-26-27-18-21-38(46-36-15-7-4-12-30(36)31-13-5-8-16-37(31)46)34(24-27)28-19-22-39-35(25-28)32-20-23-41-42(33-14-6-9-17-40(33)47-41)43(32)45(39)29-10-2-1-3-11-29/h1-25H. The van der Waals surface area contributed by atoms with Gasteiger partial charge in [0.05, 0.1) is 39.4 Å². The fraction of sp³-hybridized carbons (Fsp3) is 0. The largest absolute Gasteiger partial charge is 0.309 e. The van der Waals surface area contributed by atoms with Gasteiger partial charge in [-0.1, -0.05) is 84.9 Å². The van der Waals surface area contributed by atoms with Crippen LogP contribution < -0.4 is 0 Å². The summed E-state index contributed by atoms with van der Waals surface area (Å²) in [5, 5.41) is 17.4. The Morgan fingerprint density at radius 2 is 1.17 bits per heavy atom. The summed E-state index contributed by atoms with van der Waals surface area (Å²) < 4.78 is 7.36. The van der Waals surface area contributed by atoms with Crippen molar-refractivity contribution in [3.8, 4) is 28.6 Å². The molecule has 0 bridgehead atoms. The highest BCUT2D eigenvalue weighted by atomic mass is 32.1. The second kappa shape index (κ2) is 9.92. The highest BCUT2D eigenvalue weighted by Crippen LogP contribution is 2.44. The van der Waals surface area contributed by atoms with Crippen molar-refractivity contribution in [2.24, 2.45) is 0 Å². The van der Waals surface area contributed by atoms with E-state index >= 15 is 0 Å². The Labute approximate surface area is 274 Å². The monoisotopic (exact) mass is 615 g/mol. The fourth-order valence-electron chi connectivity index (χ4n) is 7.54. The van der Waals surface area contributed by atoms with Crippen molar-refractivity contribution in [2.45, 2.75) is 0 Å². The third kappa shape index (κ3) is 3.72. The van der Waals surface area contributed by atoms with Crippen LogP contribution in [0.5, 0.6) is 0 Å². The van der Waals surface area contributed by atoms with Crippen molar-refractivity contribution in [1.29, 1.82) is 5.26 Å². The van der Waals surface area contributed by atoms with Gasteiger partial charge in [-0.05, 0) is 72.3 Å². The van der Waals surface area contributed by atoms with Crippen LogP contribution in [0.25, 0.3) is 86.3 Å². The fourth-order valence-corrected chi connectivity index (χ4v) is 8.65. The second-order valence-electron chi connectivity index (χ2n) is 12.0. The maximum absolute atomic E-state index is 10.0. The van der Waals surface area contributed by atoms with E-state index in [9.17, 15) is 5.26 Å². The van der Waals surface area contributed by atoms with Crippen LogP contribution in [-0.4, -0.2) is 9.13 Å². The van der Waals surface area contributed by atoms with E-state index in [-0.39, 0.29) is 0 Å². The maximum atomic E-state index is 10.0. The Balaban J connectivity index is 1.31.